The van der Waals surface area contributed by atoms with Crippen molar-refractivity contribution in [1.29, 1.82) is 0 Å². The Balaban J connectivity index is 3.16. The lowest BCUT2D eigenvalue weighted by molar-refractivity contribution is 0.167. The minimum absolute atomic E-state index is 0.207. The predicted octanol–water partition coefficient (Wildman–Crippen LogP) is 1.03. The Kier molecular flexibility index (Phi) is 12.2. The molecule has 128 valence electrons. The van der Waals surface area contributed by atoms with E-state index in [4.69, 9.17) is 13.8 Å². The van der Waals surface area contributed by atoms with Gasteiger partial charge in [-0.15, -0.1) is 0 Å². The van der Waals surface area contributed by atoms with Crippen molar-refractivity contribution in [3.05, 3.63) is 0 Å². The first kappa shape index (κ1) is 21.5. The van der Waals surface area contributed by atoms with Gasteiger partial charge >= 0.3 is 0 Å². The zero-order valence-electron chi connectivity index (χ0n) is 11.6. The predicted molar refractivity (Wildman–Crippen MR) is 87.5 cm³/mol. The molecule has 0 amide bonds. The van der Waals surface area contributed by atoms with E-state index in [-0.39, 0.29) is 11.5 Å². The Bertz CT molecular complexity index is 404. The molecule has 0 saturated carbocycles. The van der Waals surface area contributed by atoms with Gasteiger partial charge in [0, 0.05) is 11.5 Å². The van der Waals surface area contributed by atoms with Gasteiger partial charge in [0.1, 0.15) is 0 Å². The second-order valence-corrected chi connectivity index (χ2v) is 9.71. The van der Waals surface area contributed by atoms with Crippen molar-refractivity contribution in [3.8, 4) is 0 Å². The van der Waals surface area contributed by atoms with Crippen molar-refractivity contribution >= 4 is 43.8 Å². The van der Waals surface area contributed by atoms with E-state index >= 15 is 0 Å². The van der Waals surface area contributed by atoms with E-state index in [1.165, 1.54) is 0 Å². The summed E-state index contributed by atoms with van der Waals surface area (Å²) in [4.78, 5) is 0. The molecule has 0 unspecified atom stereocenters. The normalized spacial score (nSPS) is 12.7. The number of thioether (sulfide) groups is 2. The Morgan fingerprint density at radius 1 is 0.714 bits per heavy atom. The molecule has 2 N–H and O–H groups in total. The molecule has 21 heavy (non-hydrogen) atoms. The molecule has 0 aliphatic rings. The van der Waals surface area contributed by atoms with Gasteiger partial charge in [-0.2, -0.15) is 40.4 Å². The number of hydrogen-bond acceptors (Lipinski definition) is 7. The van der Waals surface area contributed by atoms with Gasteiger partial charge in [0.25, 0.3) is 20.2 Å². The average Bonchev–Trinajstić information content (AvgIpc) is 2.32. The molecule has 0 radical (unpaired) electrons. The third-order valence-corrected chi connectivity index (χ3v) is 5.80. The lowest BCUT2D eigenvalue weighted by Gasteiger charge is -2.04. The summed E-state index contributed by atoms with van der Waals surface area (Å²) in [7, 11) is -7.69. The van der Waals surface area contributed by atoms with Crippen LogP contribution < -0.4 is 0 Å². The standard InChI is InChI=1S/C10H22O7S4/c11-20(12,13)9-1-5-18-7-3-17-4-8-19-6-2-10-21(14,15)16/h1-10H2,(H,11,12,13)(H,14,15,16). The van der Waals surface area contributed by atoms with E-state index in [1.807, 2.05) is 0 Å². The summed E-state index contributed by atoms with van der Waals surface area (Å²) < 4.78 is 64.1. The van der Waals surface area contributed by atoms with Crippen LogP contribution in [0, 0.1) is 0 Å². The van der Waals surface area contributed by atoms with Gasteiger partial charge in [-0.05, 0) is 24.3 Å². The summed E-state index contributed by atoms with van der Waals surface area (Å²) in [6.07, 6.45) is 0.847. The topological polar surface area (TPSA) is 118 Å². The molecule has 0 aliphatic heterocycles. The van der Waals surface area contributed by atoms with Gasteiger partial charge in [-0.3, -0.25) is 9.11 Å². The maximum Gasteiger partial charge on any atom is 0.264 e. The molecule has 0 aliphatic carbocycles. The van der Waals surface area contributed by atoms with Crippen LogP contribution in [0.15, 0.2) is 0 Å². The van der Waals surface area contributed by atoms with Crippen LogP contribution in [0.3, 0.4) is 0 Å². The van der Waals surface area contributed by atoms with Crippen LogP contribution in [0.25, 0.3) is 0 Å². The van der Waals surface area contributed by atoms with Crippen molar-refractivity contribution in [3.63, 3.8) is 0 Å². The minimum atomic E-state index is -3.85. The Labute approximate surface area is 135 Å². The summed E-state index contributed by atoms with van der Waals surface area (Å²) in [6, 6.07) is 0. The quantitative estimate of drug-likeness (QED) is 0.335. The summed E-state index contributed by atoms with van der Waals surface area (Å²) in [5.74, 6) is 2.43. The molecule has 11 heteroatoms. The minimum Gasteiger partial charge on any atom is -0.380 e. The first-order chi connectivity index (χ1) is 9.71. The monoisotopic (exact) mass is 382 g/mol. The second kappa shape index (κ2) is 12.0. The number of ether oxygens (including phenoxy) is 1. The SMILES string of the molecule is O=S(=O)(O)CCCSCCOCCSCCCS(=O)(=O)O. The van der Waals surface area contributed by atoms with Crippen LogP contribution in [-0.4, -0.2) is 73.7 Å². The van der Waals surface area contributed by atoms with E-state index in [2.05, 4.69) is 0 Å². The average molecular weight is 383 g/mol. The van der Waals surface area contributed by atoms with Crippen molar-refractivity contribution < 1.29 is 30.7 Å². The maximum atomic E-state index is 10.4. The third-order valence-electron chi connectivity index (χ3n) is 2.13. The van der Waals surface area contributed by atoms with Crippen molar-refractivity contribution in [1.82, 2.24) is 0 Å². The molecule has 0 fully saturated rings. The molecule has 0 spiro atoms. The zero-order chi connectivity index (χ0) is 16.2. The zero-order valence-corrected chi connectivity index (χ0v) is 14.9. The molecule has 0 aromatic heterocycles. The third kappa shape index (κ3) is 20.5. The molecule has 0 saturated heterocycles. The van der Waals surface area contributed by atoms with Gasteiger partial charge in [0.2, 0.25) is 0 Å². The van der Waals surface area contributed by atoms with E-state index in [0.29, 0.717) is 37.6 Å². The summed E-state index contributed by atoms with van der Waals surface area (Å²) in [5.41, 5.74) is 0. The fraction of sp³-hybridized carbons (Fsp3) is 1.00. The van der Waals surface area contributed by atoms with E-state index < -0.39 is 20.2 Å². The molecule has 0 bridgehead atoms. The van der Waals surface area contributed by atoms with Crippen LogP contribution in [0.5, 0.6) is 0 Å². The van der Waals surface area contributed by atoms with Crippen LogP contribution in [0.1, 0.15) is 12.8 Å². The summed E-state index contributed by atoms with van der Waals surface area (Å²) >= 11 is 3.13. The fourth-order valence-corrected chi connectivity index (χ4v) is 4.19. The highest BCUT2D eigenvalue weighted by molar-refractivity contribution is 7.99. The second-order valence-electron chi connectivity index (χ2n) is 4.12. The van der Waals surface area contributed by atoms with Gasteiger partial charge in [0.05, 0.1) is 24.7 Å². The Morgan fingerprint density at radius 3 is 1.43 bits per heavy atom. The van der Waals surface area contributed by atoms with E-state index in [9.17, 15) is 16.8 Å². The van der Waals surface area contributed by atoms with Crippen LogP contribution in [-0.2, 0) is 25.0 Å². The van der Waals surface area contributed by atoms with Gasteiger partial charge in [-0.25, -0.2) is 0 Å². The van der Waals surface area contributed by atoms with Gasteiger partial charge in [0.15, 0.2) is 0 Å². The first-order valence-corrected chi connectivity index (χ1v) is 11.9. The highest BCUT2D eigenvalue weighted by atomic mass is 32.2. The number of hydrogen-bond donors (Lipinski definition) is 2. The van der Waals surface area contributed by atoms with Crippen molar-refractivity contribution in [2.45, 2.75) is 12.8 Å². The van der Waals surface area contributed by atoms with Crippen LogP contribution >= 0.6 is 23.5 Å². The van der Waals surface area contributed by atoms with E-state index in [0.717, 1.165) is 11.5 Å². The van der Waals surface area contributed by atoms with Crippen molar-refractivity contribution in [2.24, 2.45) is 0 Å². The first-order valence-electron chi connectivity index (χ1n) is 6.34. The lowest BCUT2D eigenvalue weighted by atomic mass is 10.6. The molecular formula is C10H22O7S4. The highest BCUT2D eigenvalue weighted by Gasteiger charge is 2.04. The summed E-state index contributed by atoms with van der Waals surface area (Å²) in [5, 5.41) is 0. The van der Waals surface area contributed by atoms with Gasteiger partial charge in [-0.1, -0.05) is 0 Å². The Hall–Kier alpha value is 0.480. The van der Waals surface area contributed by atoms with Crippen LogP contribution in [0.2, 0.25) is 0 Å². The molecular weight excluding hydrogens is 360 g/mol. The molecule has 0 atom stereocenters. The van der Waals surface area contributed by atoms with Crippen LogP contribution in [0.4, 0.5) is 0 Å². The highest BCUT2D eigenvalue weighted by Crippen LogP contribution is 2.05. The van der Waals surface area contributed by atoms with Crippen molar-refractivity contribution in [2.75, 3.05) is 47.7 Å². The maximum absolute atomic E-state index is 10.4. The lowest BCUT2D eigenvalue weighted by Crippen LogP contribution is -2.06. The fourth-order valence-electron chi connectivity index (χ4n) is 1.23. The number of rotatable bonds is 14. The molecule has 7 nitrogen and oxygen atoms in total. The molecule has 0 aromatic rings. The molecule has 0 aromatic carbocycles. The largest absolute Gasteiger partial charge is 0.380 e. The van der Waals surface area contributed by atoms with Gasteiger partial charge < -0.3 is 4.74 Å². The smallest absolute Gasteiger partial charge is 0.264 e. The molecule has 0 heterocycles. The van der Waals surface area contributed by atoms with E-state index in [1.54, 1.807) is 23.5 Å². The summed E-state index contributed by atoms with van der Waals surface area (Å²) in [6.45, 7) is 1.14. The molecule has 0 rings (SSSR count). The Morgan fingerprint density at radius 2 is 1.10 bits per heavy atom.